The fourth-order valence-corrected chi connectivity index (χ4v) is 2.50. The number of rotatable bonds is 4. The van der Waals surface area contributed by atoms with Crippen LogP contribution in [0.1, 0.15) is 34.8 Å². The summed E-state index contributed by atoms with van der Waals surface area (Å²) in [5.74, 6) is 0. The van der Waals surface area contributed by atoms with Crippen molar-refractivity contribution < 1.29 is 4.79 Å². The highest BCUT2D eigenvalue weighted by atomic mass is 32.2. The van der Waals surface area contributed by atoms with Gasteiger partial charge in [0.25, 0.3) is 0 Å². The second kappa shape index (κ2) is 4.49. The van der Waals surface area contributed by atoms with E-state index in [1.165, 1.54) is 11.8 Å². The third kappa shape index (κ3) is 2.13. The Morgan fingerprint density at radius 2 is 2.33 bits per heavy atom. The van der Waals surface area contributed by atoms with Crippen LogP contribution in [0.15, 0.2) is 22.4 Å². The van der Waals surface area contributed by atoms with Crippen LogP contribution in [0.25, 0.3) is 0 Å². The summed E-state index contributed by atoms with van der Waals surface area (Å²) < 4.78 is 1.85. The second-order valence-corrected chi connectivity index (χ2v) is 5.20. The summed E-state index contributed by atoms with van der Waals surface area (Å²) in [5, 5.41) is 13.3. The molecule has 18 heavy (non-hydrogen) atoms. The van der Waals surface area contributed by atoms with Gasteiger partial charge in [-0.05, 0) is 53.6 Å². The summed E-state index contributed by atoms with van der Waals surface area (Å²) >= 11 is 1.43. The van der Waals surface area contributed by atoms with Crippen molar-refractivity contribution in [2.45, 2.75) is 36.0 Å². The van der Waals surface area contributed by atoms with Crippen molar-refractivity contribution in [2.24, 2.45) is 0 Å². The summed E-state index contributed by atoms with van der Waals surface area (Å²) in [6.45, 7) is 1.92. The monoisotopic (exact) mass is 261 g/mol. The molecule has 0 bridgehead atoms. The van der Waals surface area contributed by atoms with Gasteiger partial charge in [-0.2, -0.15) is 0 Å². The van der Waals surface area contributed by atoms with E-state index in [0.717, 1.165) is 34.9 Å². The van der Waals surface area contributed by atoms with Crippen molar-refractivity contribution in [3.05, 3.63) is 23.4 Å². The van der Waals surface area contributed by atoms with Crippen LogP contribution < -0.4 is 0 Å². The Balaban J connectivity index is 1.87. The number of aromatic nitrogens is 5. The first kappa shape index (κ1) is 11.3. The molecule has 2 aromatic rings. The Morgan fingerprint density at radius 3 is 3.00 bits per heavy atom. The van der Waals surface area contributed by atoms with Crippen LogP contribution in [0.5, 0.6) is 0 Å². The largest absolute Gasteiger partial charge is 0.298 e. The molecule has 0 saturated heterocycles. The lowest BCUT2D eigenvalue weighted by Crippen LogP contribution is -1.99. The predicted molar refractivity (Wildman–Crippen MR) is 64.6 cm³/mol. The number of nitrogens with zero attached hydrogens (tertiary/aromatic N) is 5. The Hall–Kier alpha value is -1.76. The molecule has 7 heteroatoms. The smallest absolute Gasteiger partial charge is 0.215 e. The van der Waals surface area contributed by atoms with Gasteiger partial charge in [-0.15, -0.1) is 5.10 Å². The van der Waals surface area contributed by atoms with Crippen LogP contribution in [0, 0.1) is 6.92 Å². The molecule has 1 aliphatic rings. The van der Waals surface area contributed by atoms with Gasteiger partial charge < -0.3 is 0 Å². The summed E-state index contributed by atoms with van der Waals surface area (Å²) in [7, 11) is 0. The third-order valence-electron chi connectivity index (χ3n) is 2.73. The van der Waals surface area contributed by atoms with Crippen molar-refractivity contribution in [3.8, 4) is 0 Å². The molecule has 0 aliphatic heterocycles. The van der Waals surface area contributed by atoms with Crippen molar-refractivity contribution in [1.82, 2.24) is 25.2 Å². The maximum absolute atomic E-state index is 10.7. The predicted octanol–water partition coefficient (Wildman–Crippen LogP) is 1.68. The number of carbonyl (C=O) groups excluding carboxylic acids is 1. The molecule has 0 radical (unpaired) electrons. The number of pyridine rings is 1. The average Bonchev–Trinajstić information content (AvgIpc) is 3.12. The maximum atomic E-state index is 10.7. The van der Waals surface area contributed by atoms with Crippen molar-refractivity contribution in [2.75, 3.05) is 0 Å². The first-order valence-electron chi connectivity index (χ1n) is 5.65. The summed E-state index contributed by atoms with van der Waals surface area (Å²) in [6.07, 6.45) is 4.63. The lowest BCUT2D eigenvalue weighted by atomic mass is 10.2. The van der Waals surface area contributed by atoms with E-state index in [4.69, 9.17) is 0 Å². The van der Waals surface area contributed by atoms with E-state index < -0.39 is 0 Å². The minimum absolute atomic E-state index is 0.442. The van der Waals surface area contributed by atoms with Crippen LogP contribution in [-0.4, -0.2) is 31.5 Å². The van der Waals surface area contributed by atoms with Gasteiger partial charge in [0, 0.05) is 11.8 Å². The number of tetrazole rings is 1. The minimum Gasteiger partial charge on any atom is -0.298 e. The van der Waals surface area contributed by atoms with E-state index in [1.54, 1.807) is 6.20 Å². The van der Waals surface area contributed by atoms with Crippen LogP contribution in [0.2, 0.25) is 0 Å². The van der Waals surface area contributed by atoms with Crippen LogP contribution in [0.4, 0.5) is 0 Å². The number of aldehydes is 1. The summed E-state index contributed by atoms with van der Waals surface area (Å²) in [5.41, 5.74) is 1.54. The number of aryl methyl sites for hydroxylation is 1. The van der Waals surface area contributed by atoms with Gasteiger partial charge in [-0.25, -0.2) is 9.67 Å². The Kier molecular flexibility index (Phi) is 2.83. The molecule has 0 amide bonds. The zero-order chi connectivity index (χ0) is 12.5. The zero-order valence-electron chi connectivity index (χ0n) is 9.78. The molecule has 0 N–H and O–H groups in total. The van der Waals surface area contributed by atoms with E-state index in [2.05, 4.69) is 20.5 Å². The molecule has 6 nitrogen and oxygen atoms in total. The lowest BCUT2D eigenvalue weighted by Gasteiger charge is -2.04. The van der Waals surface area contributed by atoms with Gasteiger partial charge in [0.05, 0.1) is 6.04 Å². The van der Waals surface area contributed by atoms with Gasteiger partial charge >= 0.3 is 0 Å². The van der Waals surface area contributed by atoms with Gasteiger partial charge in [0.15, 0.2) is 6.29 Å². The topological polar surface area (TPSA) is 73.6 Å². The average molecular weight is 261 g/mol. The van der Waals surface area contributed by atoms with E-state index in [1.807, 2.05) is 17.7 Å². The first-order chi connectivity index (χ1) is 8.78. The molecule has 2 heterocycles. The zero-order valence-corrected chi connectivity index (χ0v) is 10.6. The maximum Gasteiger partial charge on any atom is 0.215 e. The lowest BCUT2D eigenvalue weighted by molar-refractivity contribution is 0.112. The SMILES string of the molecule is Cc1cc(C=O)cnc1Sc1nnnn1C1CC1. The molecule has 2 aromatic heterocycles. The highest BCUT2D eigenvalue weighted by Crippen LogP contribution is 2.38. The molecule has 1 saturated carbocycles. The van der Waals surface area contributed by atoms with Crippen LogP contribution in [0.3, 0.4) is 0 Å². The van der Waals surface area contributed by atoms with Gasteiger partial charge in [-0.1, -0.05) is 0 Å². The van der Waals surface area contributed by atoms with Gasteiger partial charge in [-0.3, -0.25) is 4.79 Å². The van der Waals surface area contributed by atoms with Gasteiger partial charge in [0.2, 0.25) is 5.16 Å². The van der Waals surface area contributed by atoms with Gasteiger partial charge in [0.1, 0.15) is 5.03 Å². The fraction of sp³-hybridized carbons (Fsp3) is 0.364. The highest BCUT2D eigenvalue weighted by molar-refractivity contribution is 7.99. The molecule has 1 aliphatic carbocycles. The molecule has 1 fully saturated rings. The Bertz CT molecular complexity index is 593. The molecular formula is C11H11N5OS. The highest BCUT2D eigenvalue weighted by Gasteiger charge is 2.28. The Morgan fingerprint density at radius 1 is 1.50 bits per heavy atom. The number of hydrogen-bond donors (Lipinski definition) is 0. The summed E-state index contributed by atoms with van der Waals surface area (Å²) in [6, 6.07) is 2.25. The molecule has 0 aromatic carbocycles. The molecule has 0 atom stereocenters. The van der Waals surface area contributed by atoms with E-state index in [-0.39, 0.29) is 0 Å². The number of carbonyl (C=O) groups is 1. The van der Waals surface area contributed by atoms with Crippen LogP contribution >= 0.6 is 11.8 Å². The number of hydrogen-bond acceptors (Lipinski definition) is 6. The normalized spacial score (nSPS) is 14.7. The molecule has 0 unspecified atom stereocenters. The minimum atomic E-state index is 0.442. The standard InChI is InChI=1S/C11H11N5OS/c1-7-4-8(6-17)5-12-10(7)18-11-13-14-15-16(11)9-2-3-9/h4-6,9H,2-3H2,1H3. The fourth-order valence-electron chi connectivity index (χ4n) is 1.64. The Labute approximate surface area is 108 Å². The van der Waals surface area contributed by atoms with Crippen molar-refractivity contribution in [3.63, 3.8) is 0 Å². The molecule has 92 valence electrons. The van der Waals surface area contributed by atoms with E-state index in [0.29, 0.717) is 11.6 Å². The van der Waals surface area contributed by atoms with Crippen molar-refractivity contribution in [1.29, 1.82) is 0 Å². The molecular weight excluding hydrogens is 250 g/mol. The molecule has 3 rings (SSSR count). The van der Waals surface area contributed by atoms with Crippen LogP contribution in [-0.2, 0) is 0 Å². The van der Waals surface area contributed by atoms with E-state index in [9.17, 15) is 4.79 Å². The molecule has 0 spiro atoms. The van der Waals surface area contributed by atoms with E-state index >= 15 is 0 Å². The van der Waals surface area contributed by atoms with Crippen molar-refractivity contribution >= 4 is 18.0 Å². The summed E-state index contributed by atoms with van der Waals surface area (Å²) in [4.78, 5) is 14.9. The quantitative estimate of drug-likeness (QED) is 0.779. The third-order valence-corrected chi connectivity index (χ3v) is 3.80. The second-order valence-electron chi connectivity index (χ2n) is 4.25. The first-order valence-corrected chi connectivity index (χ1v) is 6.47.